The second kappa shape index (κ2) is 8.84. The number of halogens is 1. The highest BCUT2D eigenvalue weighted by Crippen LogP contribution is 2.52. The zero-order valence-corrected chi connectivity index (χ0v) is 22.3. The fourth-order valence-corrected chi connectivity index (χ4v) is 5.75. The van der Waals surface area contributed by atoms with Crippen LogP contribution in [0.5, 0.6) is 11.5 Å². The Kier molecular flexibility index (Phi) is 5.97. The normalized spacial score (nSPS) is 22.5. The van der Waals surface area contributed by atoms with E-state index in [0.29, 0.717) is 16.6 Å². The van der Waals surface area contributed by atoms with Crippen LogP contribution in [0.25, 0.3) is 0 Å². The summed E-state index contributed by atoms with van der Waals surface area (Å²) in [4.78, 5) is 15.9. The first-order chi connectivity index (χ1) is 16.7. The Morgan fingerprint density at radius 1 is 1.17 bits per heavy atom. The van der Waals surface area contributed by atoms with Crippen molar-refractivity contribution in [2.75, 3.05) is 17.3 Å². The largest absolute Gasteiger partial charge is 0.493 e. The van der Waals surface area contributed by atoms with Crippen LogP contribution < -0.4 is 25.0 Å². The van der Waals surface area contributed by atoms with Crippen molar-refractivity contribution in [1.82, 2.24) is 5.32 Å². The fourth-order valence-electron chi connectivity index (χ4n) is 5.07. The molecule has 0 radical (unpaired) electrons. The number of nitrogens with zero attached hydrogens (tertiary/aromatic N) is 1. The number of aryl methyl sites for hydroxylation is 2. The molecule has 6 nitrogen and oxygen atoms in total. The summed E-state index contributed by atoms with van der Waals surface area (Å²) in [6.07, 6.45) is 0. The van der Waals surface area contributed by atoms with Gasteiger partial charge in [-0.1, -0.05) is 45.8 Å². The molecule has 2 heterocycles. The van der Waals surface area contributed by atoms with Crippen molar-refractivity contribution in [1.29, 1.82) is 0 Å². The highest BCUT2D eigenvalue weighted by molar-refractivity contribution is 9.10. The molecule has 180 valence electrons. The summed E-state index contributed by atoms with van der Waals surface area (Å²) in [5.74, 6) is 0.431. The van der Waals surface area contributed by atoms with Gasteiger partial charge in [-0.25, -0.2) is 0 Å². The molecule has 5 rings (SSSR count). The average molecular weight is 552 g/mol. The van der Waals surface area contributed by atoms with Gasteiger partial charge in [-0.3, -0.25) is 9.69 Å². The van der Waals surface area contributed by atoms with Crippen LogP contribution in [-0.2, 0) is 4.79 Å². The number of nitrogens with one attached hydrogen (secondary N) is 2. The van der Waals surface area contributed by atoms with Crippen molar-refractivity contribution in [2.45, 2.75) is 32.5 Å². The van der Waals surface area contributed by atoms with Crippen LogP contribution in [0.3, 0.4) is 0 Å². The Morgan fingerprint density at radius 3 is 2.60 bits per heavy atom. The maximum Gasteiger partial charge on any atom is 0.236 e. The molecule has 2 N–H and O–H groups in total. The molecule has 2 bridgehead atoms. The number of thiocarbonyl (C=S) groups is 1. The lowest BCUT2D eigenvalue weighted by molar-refractivity contribution is -0.130. The van der Waals surface area contributed by atoms with Crippen LogP contribution >= 0.6 is 28.1 Å². The van der Waals surface area contributed by atoms with Crippen molar-refractivity contribution >= 4 is 50.5 Å². The minimum absolute atomic E-state index is 0.157. The van der Waals surface area contributed by atoms with Gasteiger partial charge in [0, 0.05) is 21.4 Å². The molecule has 2 aliphatic rings. The lowest BCUT2D eigenvalue weighted by Crippen LogP contribution is -2.72. The van der Waals surface area contributed by atoms with Gasteiger partial charge < -0.3 is 20.1 Å². The number of fused-ring (bicyclic) bond motifs is 4. The van der Waals surface area contributed by atoms with Gasteiger partial charge in [0.15, 0.2) is 22.3 Å². The Balaban J connectivity index is 1.64. The number of anilines is 2. The molecular weight excluding hydrogens is 526 g/mol. The second-order valence-corrected chi connectivity index (χ2v) is 10.4. The van der Waals surface area contributed by atoms with Crippen LogP contribution in [-0.4, -0.2) is 23.9 Å². The van der Waals surface area contributed by atoms with Gasteiger partial charge in [0.05, 0.1) is 13.2 Å². The number of carbonyl (C=O) groups excluding carboxylic acids is 1. The molecule has 3 aromatic rings. The van der Waals surface area contributed by atoms with Crippen molar-refractivity contribution in [3.05, 3.63) is 81.8 Å². The zero-order chi connectivity index (χ0) is 24.9. The molecule has 1 amide bonds. The van der Waals surface area contributed by atoms with Gasteiger partial charge in [0.25, 0.3) is 0 Å². The van der Waals surface area contributed by atoms with E-state index in [9.17, 15) is 4.79 Å². The van der Waals surface area contributed by atoms with Gasteiger partial charge in [0.1, 0.15) is 5.92 Å². The predicted octanol–water partition coefficient (Wildman–Crippen LogP) is 5.87. The number of rotatable bonds is 4. The molecule has 0 saturated carbocycles. The molecule has 0 aliphatic carbocycles. The summed E-state index contributed by atoms with van der Waals surface area (Å²) in [5.41, 5.74) is 3.44. The van der Waals surface area contributed by atoms with Gasteiger partial charge in [-0.2, -0.15) is 0 Å². The number of para-hydroxylation sites is 1. The third-order valence-corrected chi connectivity index (χ3v) is 7.55. The highest BCUT2D eigenvalue weighted by atomic mass is 79.9. The van der Waals surface area contributed by atoms with E-state index < -0.39 is 17.7 Å². The molecule has 3 aromatic carbocycles. The molecule has 0 unspecified atom stereocenters. The average Bonchev–Trinajstić information content (AvgIpc) is 2.81. The standard InChI is InChI=1S/C27H26BrN3O3S/c1-15-8-13-20(16(2)14-15)29-25(32)22-23-19-6-5-7-21(33-4)24(19)34-27(22,3)31(26(35)30-23)18-11-9-17(28)10-12-18/h5-14,22-23H,1-4H3,(H,29,32)(H,30,35)/t22-,23-,27+/m1/s1. The van der Waals surface area contributed by atoms with Crippen molar-refractivity contribution < 1.29 is 14.3 Å². The highest BCUT2D eigenvalue weighted by Gasteiger charge is 2.59. The van der Waals surface area contributed by atoms with E-state index in [2.05, 4.69) is 32.6 Å². The minimum atomic E-state index is -1.12. The third-order valence-electron chi connectivity index (χ3n) is 6.72. The zero-order valence-electron chi connectivity index (χ0n) is 19.9. The number of amides is 1. The van der Waals surface area contributed by atoms with Crippen molar-refractivity contribution in [3.63, 3.8) is 0 Å². The quantitative estimate of drug-likeness (QED) is 0.395. The monoisotopic (exact) mass is 551 g/mol. The fraction of sp³-hybridized carbons (Fsp3) is 0.259. The molecule has 2 aliphatic heterocycles. The Morgan fingerprint density at radius 2 is 1.91 bits per heavy atom. The predicted molar refractivity (Wildman–Crippen MR) is 145 cm³/mol. The first kappa shape index (κ1) is 23.6. The van der Waals surface area contributed by atoms with Crippen molar-refractivity contribution in [3.8, 4) is 11.5 Å². The molecule has 8 heteroatoms. The summed E-state index contributed by atoms with van der Waals surface area (Å²) in [7, 11) is 1.61. The van der Waals surface area contributed by atoms with E-state index >= 15 is 0 Å². The summed E-state index contributed by atoms with van der Waals surface area (Å²) < 4.78 is 13.3. The number of carbonyl (C=O) groups is 1. The van der Waals surface area contributed by atoms with E-state index in [1.807, 2.05) is 80.3 Å². The van der Waals surface area contributed by atoms with Gasteiger partial charge >= 0.3 is 0 Å². The van der Waals surface area contributed by atoms with Gasteiger partial charge in [-0.05, 0) is 75.0 Å². The summed E-state index contributed by atoms with van der Waals surface area (Å²) in [6, 6.07) is 19.1. The molecular formula is C27H26BrN3O3S. The van der Waals surface area contributed by atoms with E-state index in [1.165, 1.54) is 0 Å². The lowest BCUT2D eigenvalue weighted by atomic mass is 9.78. The molecule has 35 heavy (non-hydrogen) atoms. The van der Waals surface area contributed by atoms with E-state index in [1.54, 1.807) is 7.11 Å². The summed E-state index contributed by atoms with van der Waals surface area (Å²) >= 11 is 9.32. The first-order valence-electron chi connectivity index (χ1n) is 11.3. The SMILES string of the molecule is COc1cccc2c1O[C@@]1(C)[C@@H](C(=O)Nc3ccc(C)cc3C)[C@@H]2NC(=S)N1c1ccc(Br)cc1. The maximum absolute atomic E-state index is 14.0. The molecule has 0 aromatic heterocycles. The smallest absolute Gasteiger partial charge is 0.236 e. The molecule has 0 spiro atoms. The number of benzene rings is 3. The first-order valence-corrected chi connectivity index (χ1v) is 12.5. The van der Waals surface area contributed by atoms with E-state index in [-0.39, 0.29) is 5.91 Å². The Bertz CT molecular complexity index is 1330. The van der Waals surface area contributed by atoms with Gasteiger partial charge in [0.2, 0.25) is 5.91 Å². The van der Waals surface area contributed by atoms with Crippen LogP contribution in [0.4, 0.5) is 11.4 Å². The molecule has 1 fully saturated rings. The van der Waals surface area contributed by atoms with Crippen LogP contribution in [0.2, 0.25) is 0 Å². The van der Waals surface area contributed by atoms with E-state index in [0.717, 1.165) is 32.5 Å². The van der Waals surface area contributed by atoms with Crippen LogP contribution in [0.15, 0.2) is 65.1 Å². The summed E-state index contributed by atoms with van der Waals surface area (Å²) in [6.45, 7) is 5.94. The number of hydrogen-bond acceptors (Lipinski definition) is 4. The topological polar surface area (TPSA) is 62.8 Å². The van der Waals surface area contributed by atoms with E-state index in [4.69, 9.17) is 21.7 Å². The number of methoxy groups -OCH3 is 1. The van der Waals surface area contributed by atoms with Crippen LogP contribution in [0.1, 0.15) is 29.7 Å². The van der Waals surface area contributed by atoms with Crippen molar-refractivity contribution in [2.24, 2.45) is 5.92 Å². The maximum atomic E-state index is 14.0. The molecule has 3 atom stereocenters. The Labute approximate surface area is 218 Å². The second-order valence-electron chi connectivity index (χ2n) is 9.06. The Hall–Kier alpha value is -3.10. The number of ether oxygens (including phenoxy) is 2. The summed E-state index contributed by atoms with van der Waals surface area (Å²) in [5, 5.41) is 7.07. The minimum Gasteiger partial charge on any atom is -0.493 e. The molecule has 1 saturated heterocycles. The third kappa shape index (κ3) is 3.94. The lowest BCUT2D eigenvalue weighted by Gasteiger charge is -2.56. The van der Waals surface area contributed by atoms with Gasteiger partial charge in [-0.15, -0.1) is 0 Å². The number of hydrogen-bond donors (Lipinski definition) is 2. The van der Waals surface area contributed by atoms with Crippen LogP contribution in [0, 0.1) is 19.8 Å².